The van der Waals surface area contributed by atoms with E-state index in [0.29, 0.717) is 23.1 Å². The van der Waals surface area contributed by atoms with Crippen molar-refractivity contribution < 1.29 is 27.4 Å². The molecule has 37 heavy (non-hydrogen) atoms. The number of hydrogen-bond donors (Lipinski definition) is 1. The average molecular weight is 531 g/mol. The van der Waals surface area contributed by atoms with Crippen molar-refractivity contribution in [2.45, 2.75) is 39.0 Å². The van der Waals surface area contributed by atoms with Crippen LogP contribution in [0.4, 0.5) is 18.0 Å². The minimum atomic E-state index is -1.27. The number of nitrogens with one attached hydrogen (secondary N) is 1. The number of ether oxygens (including phenoxy) is 2. The highest BCUT2D eigenvalue weighted by Gasteiger charge is 2.19. The van der Waals surface area contributed by atoms with Gasteiger partial charge in [-0.3, -0.25) is 4.57 Å². The number of methoxy groups -OCH3 is 1. The van der Waals surface area contributed by atoms with Gasteiger partial charge in [-0.2, -0.15) is 9.49 Å². The molecule has 0 saturated carbocycles. The Labute approximate surface area is 213 Å². The molecule has 0 radical (unpaired) electrons. The summed E-state index contributed by atoms with van der Waals surface area (Å²) in [5.41, 5.74) is 0.997. The number of benzene rings is 2. The lowest BCUT2D eigenvalue weighted by Gasteiger charge is -2.15. The molecule has 0 spiro atoms. The zero-order valence-electron chi connectivity index (χ0n) is 21.1. The minimum Gasteiger partial charge on any atom is -0.494 e. The minimum absolute atomic E-state index is 0.00987. The van der Waals surface area contributed by atoms with Crippen LogP contribution in [0.1, 0.15) is 5.56 Å². The molecule has 0 saturated heterocycles. The first-order valence-corrected chi connectivity index (χ1v) is 15.5. The van der Waals surface area contributed by atoms with Crippen molar-refractivity contribution in [1.82, 2.24) is 19.7 Å². The van der Waals surface area contributed by atoms with Crippen molar-refractivity contribution in [3.8, 4) is 16.9 Å². The lowest BCUT2D eigenvalue weighted by Crippen LogP contribution is -2.27. The van der Waals surface area contributed by atoms with Crippen LogP contribution in [0.25, 0.3) is 22.0 Å². The fourth-order valence-corrected chi connectivity index (χ4v) is 4.54. The van der Waals surface area contributed by atoms with Gasteiger partial charge in [0.15, 0.2) is 11.6 Å². The average Bonchev–Trinajstić information content (AvgIpc) is 3.42. The van der Waals surface area contributed by atoms with Crippen LogP contribution in [0.3, 0.4) is 0 Å². The molecule has 0 fully saturated rings. The van der Waals surface area contributed by atoms with E-state index in [-0.39, 0.29) is 30.2 Å². The summed E-state index contributed by atoms with van der Waals surface area (Å²) in [4.78, 5) is 12.8. The Morgan fingerprint density at radius 3 is 2.57 bits per heavy atom. The van der Waals surface area contributed by atoms with Gasteiger partial charge in [0.2, 0.25) is 5.95 Å². The first-order chi connectivity index (χ1) is 17.6. The maximum atomic E-state index is 15.1. The van der Waals surface area contributed by atoms with Gasteiger partial charge in [-0.15, -0.1) is 0 Å². The van der Waals surface area contributed by atoms with Gasteiger partial charge in [-0.1, -0.05) is 25.7 Å². The van der Waals surface area contributed by atoms with Gasteiger partial charge in [-0.25, -0.2) is 18.3 Å². The SMILES string of the molecule is COc1cc(CNC(=O)n2ccc3cc(-c4cnn(COCC[Si](C)(C)C)c4F)c(F)cc32)ccc1F. The molecular formula is C26H29F3N4O3Si. The second-order valence-electron chi connectivity index (χ2n) is 9.90. The van der Waals surface area contributed by atoms with E-state index in [1.165, 1.54) is 54.4 Å². The highest BCUT2D eigenvalue weighted by molar-refractivity contribution is 6.76. The van der Waals surface area contributed by atoms with Gasteiger partial charge < -0.3 is 14.8 Å². The maximum absolute atomic E-state index is 15.1. The van der Waals surface area contributed by atoms with E-state index in [0.717, 1.165) is 10.7 Å². The highest BCUT2D eigenvalue weighted by Crippen LogP contribution is 2.30. The normalized spacial score (nSPS) is 11.8. The van der Waals surface area contributed by atoms with Crippen molar-refractivity contribution in [3.63, 3.8) is 0 Å². The number of fused-ring (bicyclic) bond motifs is 1. The lowest BCUT2D eigenvalue weighted by atomic mass is 10.1. The second-order valence-corrected chi connectivity index (χ2v) is 15.5. The van der Waals surface area contributed by atoms with Gasteiger partial charge in [0.25, 0.3) is 0 Å². The first-order valence-electron chi connectivity index (χ1n) is 11.8. The van der Waals surface area contributed by atoms with Crippen molar-refractivity contribution >= 4 is 25.0 Å². The predicted molar refractivity (Wildman–Crippen MR) is 138 cm³/mol. The zero-order valence-corrected chi connectivity index (χ0v) is 22.1. The van der Waals surface area contributed by atoms with Crippen molar-refractivity contribution in [3.05, 3.63) is 71.9 Å². The Bertz CT molecular complexity index is 1430. The monoisotopic (exact) mass is 530 g/mol. The number of rotatable bonds is 9. The van der Waals surface area contributed by atoms with Crippen LogP contribution < -0.4 is 10.1 Å². The molecule has 7 nitrogen and oxygen atoms in total. The van der Waals surface area contributed by atoms with Crippen LogP contribution in [-0.4, -0.2) is 42.2 Å². The predicted octanol–water partition coefficient (Wildman–Crippen LogP) is 6.00. The maximum Gasteiger partial charge on any atom is 0.326 e. The molecule has 0 aliphatic heterocycles. The van der Waals surface area contributed by atoms with E-state index in [2.05, 4.69) is 30.1 Å². The zero-order chi connectivity index (χ0) is 26.7. The third kappa shape index (κ3) is 6.05. The number of aromatic nitrogens is 3. The number of amides is 1. The summed E-state index contributed by atoms with van der Waals surface area (Å²) >= 11 is 0. The van der Waals surface area contributed by atoms with Gasteiger partial charge in [-0.05, 0) is 41.9 Å². The first kappa shape index (κ1) is 26.5. The summed E-state index contributed by atoms with van der Waals surface area (Å²) in [6.07, 6.45) is 2.77. The summed E-state index contributed by atoms with van der Waals surface area (Å²) in [6.45, 7) is 7.23. The van der Waals surface area contributed by atoms with Gasteiger partial charge in [0.1, 0.15) is 12.5 Å². The largest absolute Gasteiger partial charge is 0.494 e. The van der Waals surface area contributed by atoms with E-state index < -0.39 is 31.7 Å². The molecule has 11 heteroatoms. The van der Waals surface area contributed by atoms with Crippen molar-refractivity contribution in [2.75, 3.05) is 13.7 Å². The number of halogens is 3. The molecule has 2 aromatic heterocycles. The molecule has 0 atom stereocenters. The summed E-state index contributed by atoms with van der Waals surface area (Å²) in [5.74, 6) is -1.82. The van der Waals surface area contributed by atoms with Gasteiger partial charge in [0, 0.05) is 38.4 Å². The number of carbonyl (C=O) groups is 1. The molecule has 0 bridgehead atoms. The van der Waals surface area contributed by atoms with Gasteiger partial charge >= 0.3 is 6.03 Å². The van der Waals surface area contributed by atoms with Crippen molar-refractivity contribution in [2.24, 2.45) is 0 Å². The van der Waals surface area contributed by atoms with Crippen LogP contribution in [0.5, 0.6) is 5.75 Å². The molecule has 0 unspecified atom stereocenters. The summed E-state index contributed by atoms with van der Waals surface area (Å²) in [5, 5.41) is 7.28. The Morgan fingerprint density at radius 1 is 1.05 bits per heavy atom. The van der Waals surface area contributed by atoms with Crippen LogP contribution >= 0.6 is 0 Å². The molecule has 196 valence electrons. The summed E-state index contributed by atoms with van der Waals surface area (Å²) < 4.78 is 56.5. The van der Waals surface area contributed by atoms with E-state index in [1.54, 1.807) is 6.07 Å². The summed E-state index contributed by atoms with van der Waals surface area (Å²) in [7, 11) is 0.0846. The standard InChI is InChI=1S/C26H29F3N4O3Si/c1-35-24-11-17(5-6-21(24)27)14-30-26(34)32-8-7-18-12-19(22(28)13-23(18)32)20-15-31-33(25(20)29)16-36-9-10-37(2,3)4/h5-8,11-13,15H,9-10,14,16H2,1-4H3,(H,30,34). The Hall–Kier alpha value is -3.57. The molecule has 0 aliphatic carbocycles. The van der Waals surface area contributed by atoms with Crippen LogP contribution in [0, 0.1) is 17.6 Å². The number of hydrogen-bond acceptors (Lipinski definition) is 4. The second kappa shape index (κ2) is 10.8. The molecular weight excluding hydrogens is 501 g/mol. The summed E-state index contributed by atoms with van der Waals surface area (Å²) in [6, 6.07) is 9.02. The Kier molecular flexibility index (Phi) is 7.74. The van der Waals surface area contributed by atoms with Crippen LogP contribution in [-0.2, 0) is 18.0 Å². The van der Waals surface area contributed by atoms with Crippen LogP contribution in [0.15, 0.2) is 48.8 Å². The third-order valence-electron chi connectivity index (χ3n) is 5.93. The molecule has 1 N–H and O–H groups in total. The molecule has 2 aromatic carbocycles. The number of carbonyl (C=O) groups excluding carboxylic acids is 1. The molecule has 1 amide bonds. The third-order valence-corrected chi connectivity index (χ3v) is 7.64. The Balaban J connectivity index is 1.49. The highest BCUT2D eigenvalue weighted by atomic mass is 28.3. The van der Waals surface area contributed by atoms with Crippen molar-refractivity contribution in [1.29, 1.82) is 0 Å². The quantitative estimate of drug-likeness (QED) is 0.213. The fourth-order valence-electron chi connectivity index (χ4n) is 3.79. The van der Waals surface area contributed by atoms with E-state index >= 15 is 4.39 Å². The molecule has 0 aliphatic rings. The van der Waals surface area contributed by atoms with Gasteiger partial charge in [0.05, 0.1) is 24.4 Å². The Morgan fingerprint density at radius 2 is 1.84 bits per heavy atom. The van der Waals surface area contributed by atoms with E-state index in [4.69, 9.17) is 9.47 Å². The molecule has 4 aromatic rings. The van der Waals surface area contributed by atoms with Crippen LogP contribution in [0.2, 0.25) is 25.7 Å². The molecule has 4 rings (SSSR count). The number of nitrogens with zero attached hydrogens (tertiary/aromatic N) is 3. The van der Waals surface area contributed by atoms with E-state index in [9.17, 15) is 13.6 Å². The topological polar surface area (TPSA) is 70.3 Å². The lowest BCUT2D eigenvalue weighted by molar-refractivity contribution is 0.0700. The van der Waals surface area contributed by atoms with E-state index in [1.807, 2.05) is 0 Å². The molecule has 2 heterocycles. The smallest absolute Gasteiger partial charge is 0.326 e. The fraction of sp³-hybridized carbons (Fsp3) is 0.308.